The van der Waals surface area contributed by atoms with Crippen LogP contribution in [0.3, 0.4) is 0 Å². The van der Waals surface area contributed by atoms with Crippen LogP contribution >= 0.6 is 0 Å². The summed E-state index contributed by atoms with van der Waals surface area (Å²) < 4.78 is 32.7. The van der Waals surface area contributed by atoms with Gasteiger partial charge in [0.05, 0.1) is 25.2 Å². The molecule has 0 aliphatic carbocycles. The molecular weight excluding hydrogens is 408 g/mol. The summed E-state index contributed by atoms with van der Waals surface area (Å²) in [6, 6.07) is 10.4. The minimum absolute atomic E-state index is 0.226. The van der Waals surface area contributed by atoms with E-state index in [2.05, 4.69) is 15.3 Å². The smallest absolute Gasteiger partial charge is 0.341 e. The van der Waals surface area contributed by atoms with E-state index >= 15 is 0 Å². The van der Waals surface area contributed by atoms with Gasteiger partial charge in [-0.15, -0.1) is 0 Å². The van der Waals surface area contributed by atoms with E-state index in [1.54, 1.807) is 43.3 Å². The van der Waals surface area contributed by atoms with E-state index < -0.39 is 16.0 Å². The molecule has 3 aromatic rings. The molecule has 0 spiro atoms. The number of nitrogens with two attached hydrogens (primary N) is 1. The topological polar surface area (TPSA) is 134 Å². The van der Waals surface area contributed by atoms with Crippen molar-refractivity contribution in [2.24, 2.45) is 5.14 Å². The van der Waals surface area contributed by atoms with Gasteiger partial charge in [-0.3, -0.25) is 0 Å². The number of carbonyl (C=O) groups is 1. The zero-order valence-electron chi connectivity index (χ0n) is 16.6. The Hall–Kier alpha value is -3.24. The molecule has 10 heteroatoms. The largest absolute Gasteiger partial charge is 0.481 e. The van der Waals surface area contributed by atoms with Gasteiger partial charge in [0.2, 0.25) is 15.9 Å². The van der Waals surface area contributed by atoms with Crippen molar-refractivity contribution < 1.29 is 22.7 Å². The second-order valence-electron chi connectivity index (χ2n) is 6.47. The van der Waals surface area contributed by atoms with E-state index in [-0.39, 0.29) is 12.4 Å². The lowest BCUT2D eigenvalue weighted by atomic mass is 10.1. The fraction of sp³-hybridized carbons (Fsp3) is 0.250. The molecule has 0 aliphatic heterocycles. The molecule has 30 heavy (non-hydrogen) atoms. The molecule has 9 nitrogen and oxygen atoms in total. The highest BCUT2D eigenvalue weighted by molar-refractivity contribution is 7.88. The Bertz CT molecular complexity index is 1160. The number of nitrogens with one attached hydrogen (secondary N) is 1. The van der Waals surface area contributed by atoms with Crippen LogP contribution in [0.5, 0.6) is 5.88 Å². The third-order valence-electron chi connectivity index (χ3n) is 4.27. The van der Waals surface area contributed by atoms with Gasteiger partial charge in [-0.2, -0.15) is 4.98 Å². The summed E-state index contributed by atoms with van der Waals surface area (Å²) in [7, 11) is -2.07. The number of sulfonamides is 1. The predicted molar refractivity (Wildman–Crippen MR) is 113 cm³/mol. The van der Waals surface area contributed by atoms with Crippen molar-refractivity contribution in [2.45, 2.75) is 19.2 Å². The molecule has 0 amide bonds. The molecule has 3 N–H and O–H groups in total. The van der Waals surface area contributed by atoms with Crippen molar-refractivity contribution in [2.75, 3.05) is 19.0 Å². The first-order valence-electron chi connectivity index (χ1n) is 9.13. The minimum Gasteiger partial charge on any atom is -0.481 e. The lowest BCUT2D eigenvalue weighted by molar-refractivity contribution is 0.0527. The first kappa shape index (κ1) is 21.5. The maximum Gasteiger partial charge on any atom is 0.341 e. The number of ether oxygens (including phenoxy) is 2. The molecule has 0 unspecified atom stereocenters. The molecule has 158 valence electrons. The Labute approximate surface area is 174 Å². The van der Waals surface area contributed by atoms with Crippen molar-refractivity contribution in [1.29, 1.82) is 0 Å². The number of carbonyl (C=O) groups excluding carboxylic acids is 1. The van der Waals surface area contributed by atoms with E-state index in [1.165, 1.54) is 13.3 Å². The number of benzene rings is 1. The highest BCUT2D eigenvalue weighted by Gasteiger charge is 2.17. The maximum absolute atomic E-state index is 12.4. The molecule has 0 fully saturated rings. The van der Waals surface area contributed by atoms with Gasteiger partial charge in [-0.05, 0) is 24.1 Å². The summed E-state index contributed by atoms with van der Waals surface area (Å²) in [5, 5.41) is 8.98. The molecule has 0 radical (unpaired) electrons. The van der Waals surface area contributed by atoms with E-state index in [0.29, 0.717) is 40.3 Å². The normalized spacial score (nSPS) is 11.3. The molecule has 0 saturated heterocycles. The SMILES string of the molecule is CCOC(=O)c1cnc2nc(OC)ccc2c1NCc1ccc(CS(N)(=O)=O)cc1. The van der Waals surface area contributed by atoms with Gasteiger partial charge in [0.25, 0.3) is 0 Å². The number of aromatic nitrogens is 2. The van der Waals surface area contributed by atoms with Crippen molar-refractivity contribution >= 4 is 32.7 Å². The third kappa shape index (κ3) is 5.22. The van der Waals surface area contributed by atoms with Crippen LogP contribution in [-0.2, 0) is 27.1 Å². The van der Waals surface area contributed by atoms with Gasteiger partial charge in [0.15, 0.2) is 5.65 Å². The zero-order chi connectivity index (χ0) is 21.7. The highest BCUT2D eigenvalue weighted by atomic mass is 32.2. The van der Waals surface area contributed by atoms with Gasteiger partial charge < -0.3 is 14.8 Å². The van der Waals surface area contributed by atoms with Crippen LogP contribution in [0.4, 0.5) is 5.69 Å². The second-order valence-corrected chi connectivity index (χ2v) is 8.08. The first-order valence-corrected chi connectivity index (χ1v) is 10.8. The molecule has 0 bridgehead atoms. The number of rotatable bonds is 8. The van der Waals surface area contributed by atoms with Crippen LogP contribution in [0.1, 0.15) is 28.4 Å². The number of anilines is 1. The van der Waals surface area contributed by atoms with Crippen molar-refractivity contribution in [1.82, 2.24) is 9.97 Å². The summed E-state index contributed by atoms with van der Waals surface area (Å²) in [5.41, 5.74) is 2.74. The quantitative estimate of drug-likeness (QED) is 0.520. The number of fused-ring (bicyclic) bond motifs is 1. The van der Waals surface area contributed by atoms with Crippen LogP contribution in [-0.4, -0.2) is 38.1 Å². The van der Waals surface area contributed by atoms with Crippen LogP contribution in [0.15, 0.2) is 42.6 Å². The van der Waals surface area contributed by atoms with Crippen LogP contribution in [0.2, 0.25) is 0 Å². The molecule has 3 rings (SSSR count). The minimum atomic E-state index is -3.59. The summed E-state index contributed by atoms with van der Waals surface area (Å²) >= 11 is 0. The number of hydrogen-bond donors (Lipinski definition) is 2. The number of methoxy groups -OCH3 is 1. The van der Waals surface area contributed by atoms with Gasteiger partial charge in [-0.1, -0.05) is 24.3 Å². The summed E-state index contributed by atoms with van der Waals surface area (Å²) in [4.78, 5) is 21.0. The average Bonchev–Trinajstić information content (AvgIpc) is 2.71. The summed E-state index contributed by atoms with van der Waals surface area (Å²) in [6.45, 7) is 2.35. The third-order valence-corrected chi connectivity index (χ3v) is 5.00. The summed E-state index contributed by atoms with van der Waals surface area (Å²) in [6.07, 6.45) is 1.42. The Balaban J connectivity index is 1.91. The van der Waals surface area contributed by atoms with E-state index in [0.717, 1.165) is 5.56 Å². The van der Waals surface area contributed by atoms with Crippen LogP contribution in [0.25, 0.3) is 11.0 Å². The molecule has 1 aromatic carbocycles. The van der Waals surface area contributed by atoms with E-state index in [1.807, 2.05) is 0 Å². The Morgan fingerprint density at radius 1 is 1.13 bits per heavy atom. The standard InChI is InChI=1S/C20H22N4O5S/c1-3-29-20(25)16-11-23-19-15(8-9-17(24-19)28-2)18(16)22-10-13-4-6-14(7-5-13)12-30(21,26)27/h4-9,11H,3,10,12H2,1-2H3,(H2,21,26,27)(H,22,23,24). The molecular formula is C20H22N4O5S. The van der Waals surface area contributed by atoms with Gasteiger partial charge >= 0.3 is 5.97 Å². The lowest BCUT2D eigenvalue weighted by Gasteiger charge is -2.14. The van der Waals surface area contributed by atoms with E-state index in [9.17, 15) is 13.2 Å². The van der Waals surface area contributed by atoms with Crippen LogP contribution in [0, 0.1) is 0 Å². The zero-order valence-corrected chi connectivity index (χ0v) is 17.4. The Kier molecular flexibility index (Phi) is 6.48. The van der Waals surface area contributed by atoms with Crippen molar-refractivity contribution in [3.63, 3.8) is 0 Å². The average molecular weight is 430 g/mol. The van der Waals surface area contributed by atoms with Crippen molar-refractivity contribution in [3.8, 4) is 5.88 Å². The van der Waals surface area contributed by atoms with E-state index in [4.69, 9.17) is 14.6 Å². The predicted octanol–water partition coefficient (Wildman–Crippen LogP) is 2.22. The van der Waals surface area contributed by atoms with Gasteiger partial charge in [0.1, 0.15) is 5.56 Å². The molecule has 0 atom stereocenters. The monoisotopic (exact) mass is 430 g/mol. The maximum atomic E-state index is 12.4. The summed E-state index contributed by atoms with van der Waals surface area (Å²) in [5.74, 6) is -0.306. The Morgan fingerprint density at radius 3 is 2.47 bits per heavy atom. The first-order chi connectivity index (χ1) is 14.3. The molecule has 2 heterocycles. The highest BCUT2D eigenvalue weighted by Crippen LogP contribution is 2.28. The molecule has 2 aromatic heterocycles. The van der Waals surface area contributed by atoms with Gasteiger partial charge in [-0.25, -0.2) is 23.3 Å². The second kappa shape index (κ2) is 9.06. The molecule has 0 aliphatic rings. The number of nitrogens with zero attached hydrogens (tertiary/aromatic N) is 2. The fourth-order valence-corrected chi connectivity index (χ4v) is 3.56. The fourth-order valence-electron chi connectivity index (χ4n) is 2.90. The van der Waals surface area contributed by atoms with Gasteiger partial charge in [0, 0.05) is 24.2 Å². The van der Waals surface area contributed by atoms with Crippen molar-refractivity contribution in [3.05, 3.63) is 59.3 Å². The Morgan fingerprint density at radius 2 is 1.83 bits per heavy atom. The number of esters is 1. The van der Waals surface area contributed by atoms with Crippen LogP contribution < -0.4 is 15.2 Å². The number of hydrogen-bond acceptors (Lipinski definition) is 8. The number of primary sulfonamides is 1. The number of pyridine rings is 2. The lowest BCUT2D eigenvalue weighted by Crippen LogP contribution is -2.14. The molecule has 0 saturated carbocycles.